The topological polar surface area (TPSA) is 67.6 Å². The quantitative estimate of drug-likeness (QED) is 0.646. The van der Waals surface area contributed by atoms with Crippen molar-refractivity contribution in [2.45, 2.75) is 44.7 Å². The molecule has 0 unspecified atom stereocenters. The first-order valence-corrected chi connectivity index (χ1v) is 8.09. The largest absolute Gasteiger partial charge is 0.487 e. The molecule has 0 radical (unpaired) electrons. The molecule has 2 fully saturated rings. The van der Waals surface area contributed by atoms with Gasteiger partial charge in [-0.2, -0.15) is 0 Å². The third-order valence-corrected chi connectivity index (χ3v) is 4.42. The molecule has 1 saturated heterocycles. The van der Waals surface area contributed by atoms with Gasteiger partial charge in [0.1, 0.15) is 0 Å². The number of hydrogen-bond acceptors (Lipinski definition) is 5. The summed E-state index contributed by atoms with van der Waals surface area (Å²) in [6.07, 6.45) is 4.96. The average molecular weight is 305 g/mol. The Kier molecular flexibility index (Phi) is 4.47. The summed E-state index contributed by atoms with van der Waals surface area (Å²) in [7, 11) is 0. The van der Waals surface area contributed by atoms with E-state index in [0.717, 1.165) is 37.7 Å². The monoisotopic (exact) mass is 305 g/mol. The molecule has 3 rings (SSSR count). The van der Waals surface area contributed by atoms with E-state index in [1.54, 1.807) is 12.1 Å². The van der Waals surface area contributed by atoms with Crippen molar-refractivity contribution in [1.29, 1.82) is 0 Å². The fraction of sp³-hybridized carbons (Fsp3) is 0.625. The number of benzene rings is 1. The van der Waals surface area contributed by atoms with Gasteiger partial charge in [-0.05, 0) is 38.7 Å². The predicted octanol–water partition coefficient (Wildman–Crippen LogP) is 3.03. The average Bonchev–Trinajstić information content (AvgIpc) is 3.33. The molecule has 1 aromatic carbocycles. The molecule has 1 saturated carbocycles. The maximum Gasteiger partial charge on any atom is 0.311 e. The molecule has 6 heteroatoms. The summed E-state index contributed by atoms with van der Waals surface area (Å²) in [5.74, 6) is 0.341. The molecule has 1 heterocycles. The molecule has 0 atom stereocenters. The van der Waals surface area contributed by atoms with Crippen LogP contribution in [0.15, 0.2) is 18.2 Å². The van der Waals surface area contributed by atoms with Crippen LogP contribution in [0, 0.1) is 10.1 Å². The smallest absolute Gasteiger partial charge is 0.311 e. The zero-order chi connectivity index (χ0) is 15.5. The van der Waals surface area contributed by atoms with Crippen LogP contribution in [0.1, 0.15) is 32.6 Å². The first kappa shape index (κ1) is 15.1. The van der Waals surface area contributed by atoms with Crippen LogP contribution in [0.2, 0.25) is 0 Å². The SMILES string of the molecule is CCOc1cc(NC2CCN(C3CC3)CC2)ccc1[N+](=O)[O-]. The van der Waals surface area contributed by atoms with Crippen LogP contribution in [0.5, 0.6) is 5.75 Å². The molecule has 0 spiro atoms. The van der Waals surface area contributed by atoms with Gasteiger partial charge >= 0.3 is 5.69 Å². The Morgan fingerprint density at radius 2 is 2.05 bits per heavy atom. The molecule has 120 valence electrons. The Hall–Kier alpha value is -1.82. The molecule has 1 aromatic rings. The van der Waals surface area contributed by atoms with E-state index >= 15 is 0 Å². The van der Waals surface area contributed by atoms with E-state index in [9.17, 15) is 10.1 Å². The normalized spacial score (nSPS) is 19.9. The van der Waals surface area contributed by atoms with Crippen molar-refractivity contribution in [2.75, 3.05) is 25.0 Å². The molecule has 1 aliphatic heterocycles. The van der Waals surface area contributed by atoms with Crippen LogP contribution in [0.4, 0.5) is 11.4 Å². The number of hydrogen-bond donors (Lipinski definition) is 1. The lowest BCUT2D eigenvalue weighted by Gasteiger charge is -2.32. The van der Waals surface area contributed by atoms with Gasteiger partial charge < -0.3 is 15.0 Å². The number of nitrogens with zero attached hydrogens (tertiary/aromatic N) is 2. The van der Waals surface area contributed by atoms with Gasteiger partial charge in [0.2, 0.25) is 0 Å². The second kappa shape index (κ2) is 6.52. The summed E-state index contributed by atoms with van der Waals surface area (Å²) in [4.78, 5) is 13.2. The molecule has 1 aliphatic carbocycles. The highest BCUT2D eigenvalue weighted by molar-refractivity contribution is 5.58. The molecule has 6 nitrogen and oxygen atoms in total. The summed E-state index contributed by atoms with van der Waals surface area (Å²) in [5, 5.41) is 14.5. The number of piperidine rings is 1. The standard InChI is InChI=1S/C16H23N3O3/c1-2-22-16-11-13(3-6-15(16)19(20)21)17-12-7-9-18(10-8-12)14-4-5-14/h3,6,11-12,14,17H,2,4-5,7-10H2,1H3. The van der Waals surface area contributed by atoms with E-state index in [1.807, 2.05) is 6.92 Å². The number of nitro benzene ring substituents is 1. The summed E-state index contributed by atoms with van der Waals surface area (Å²) in [5.41, 5.74) is 0.926. The maximum absolute atomic E-state index is 11.0. The van der Waals surface area contributed by atoms with Gasteiger partial charge in [0.25, 0.3) is 0 Å². The zero-order valence-electron chi connectivity index (χ0n) is 13.0. The summed E-state index contributed by atoms with van der Waals surface area (Å²) in [6.45, 7) is 4.54. The number of ether oxygens (including phenoxy) is 1. The Morgan fingerprint density at radius 1 is 1.32 bits per heavy atom. The highest BCUT2D eigenvalue weighted by Gasteiger charge is 2.31. The van der Waals surface area contributed by atoms with Gasteiger partial charge in [0.15, 0.2) is 5.75 Å². The number of nitro groups is 1. The van der Waals surface area contributed by atoms with Crippen molar-refractivity contribution in [3.8, 4) is 5.75 Å². The summed E-state index contributed by atoms with van der Waals surface area (Å²) >= 11 is 0. The summed E-state index contributed by atoms with van der Waals surface area (Å²) in [6, 6.07) is 6.31. The van der Waals surface area contributed by atoms with Crippen LogP contribution in [-0.4, -0.2) is 41.6 Å². The molecule has 1 N–H and O–H groups in total. The minimum absolute atomic E-state index is 0.0240. The number of rotatable bonds is 6. The van der Waals surface area contributed by atoms with E-state index in [4.69, 9.17) is 4.74 Å². The van der Waals surface area contributed by atoms with Gasteiger partial charge in [0.05, 0.1) is 11.5 Å². The minimum atomic E-state index is -0.400. The van der Waals surface area contributed by atoms with Crippen molar-refractivity contribution in [3.05, 3.63) is 28.3 Å². The third-order valence-electron chi connectivity index (χ3n) is 4.42. The van der Waals surface area contributed by atoms with Crippen molar-refractivity contribution in [2.24, 2.45) is 0 Å². The molecule has 0 aromatic heterocycles. The van der Waals surface area contributed by atoms with Crippen molar-refractivity contribution in [1.82, 2.24) is 4.90 Å². The number of nitrogens with one attached hydrogen (secondary N) is 1. The van der Waals surface area contributed by atoms with Gasteiger partial charge in [-0.15, -0.1) is 0 Å². The van der Waals surface area contributed by atoms with Crippen molar-refractivity contribution in [3.63, 3.8) is 0 Å². The van der Waals surface area contributed by atoms with Gasteiger partial charge in [-0.25, -0.2) is 0 Å². The molecular weight excluding hydrogens is 282 g/mol. The Labute approximate surface area is 130 Å². The van der Waals surface area contributed by atoms with E-state index in [2.05, 4.69) is 10.2 Å². The number of anilines is 1. The molecule has 2 aliphatic rings. The van der Waals surface area contributed by atoms with E-state index in [-0.39, 0.29) is 5.69 Å². The third kappa shape index (κ3) is 3.50. The van der Waals surface area contributed by atoms with E-state index in [1.165, 1.54) is 18.9 Å². The zero-order valence-corrected chi connectivity index (χ0v) is 13.0. The summed E-state index contributed by atoms with van der Waals surface area (Å²) < 4.78 is 5.40. The lowest BCUT2D eigenvalue weighted by atomic mass is 10.0. The predicted molar refractivity (Wildman–Crippen MR) is 85.5 cm³/mol. The highest BCUT2D eigenvalue weighted by Crippen LogP contribution is 2.32. The lowest BCUT2D eigenvalue weighted by molar-refractivity contribution is -0.385. The Morgan fingerprint density at radius 3 is 2.64 bits per heavy atom. The fourth-order valence-corrected chi connectivity index (χ4v) is 3.11. The number of likely N-dealkylation sites (tertiary alicyclic amines) is 1. The van der Waals surface area contributed by atoms with Gasteiger partial charge in [-0.1, -0.05) is 0 Å². The van der Waals surface area contributed by atoms with Gasteiger partial charge in [-0.3, -0.25) is 10.1 Å². The van der Waals surface area contributed by atoms with Gasteiger partial charge in [0, 0.05) is 43.0 Å². The maximum atomic E-state index is 11.0. The molecule has 22 heavy (non-hydrogen) atoms. The first-order valence-electron chi connectivity index (χ1n) is 8.09. The van der Waals surface area contributed by atoms with Crippen molar-refractivity contribution >= 4 is 11.4 Å². The highest BCUT2D eigenvalue weighted by atomic mass is 16.6. The van der Waals surface area contributed by atoms with Crippen LogP contribution in [0.3, 0.4) is 0 Å². The van der Waals surface area contributed by atoms with Crippen LogP contribution < -0.4 is 10.1 Å². The van der Waals surface area contributed by atoms with E-state index < -0.39 is 4.92 Å². The molecule has 0 amide bonds. The van der Waals surface area contributed by atoms with Crippen LogP contribution >= 0.6 is 0 Å². The van der Waals surface area contributed by atoms with Crippen LogP contribution in [0.25, 0.3) is 0 Å². The van der Waals surface area contributed by atoms with E-state index in [0.29, 0.717) is 18.4 Å². The van der Waals surface area contributed by atoms with Crippen molar-refractivity contribution < 1.29 is 9.66 Å². The molecular formula is C16H23N3O3. The second-order valence-electron chi connectivity index (χ2n) is 6.06. The molecule has 0 bridgehead atoms. The fourth-order valence-electron chi connectivity index (χ4n) is 3.11. The lowest BCUT2D eigenvalue weighted by Crippen LogP contribution is -2.40. The van der Waals surface area contributed by atoms with Crippen LogP contribution in [-0.2, 0) is 0 Å². The minimum Gasteiger partial charge on any atom is -0.487 e. The second-order valence-corrected chi connectivity index (χ2v) is 6.06. The Bertz CT molecular complexity index is 537. The Balaban J connectivity index is 1.62. The first-order chi connectivity index (χ1) is 10.7.